The van der Waals surface area contributed by atoms with E-state index in [0.29, 0.717) is 5.02 Å². The van der Waals surface area contributed by atoms with E-state index in [4.69, 9.17) is 11.6 Å². The molecule has 0 unspecified atom stereocenters. The van der Waals surface area contributed by atoms with Gasteiger partial charge in [-0.3, -0.25) is 0 Å². The summed E-state index contributed by atoms with van der Waals surface area (Å²) >= 11 is 5.81. The van der Waals surface area contributed by atoms with Crippen LogP contribution < -0.4 is 0 Å². The monoisotopic (exact) mass is 178 g/mol. The van der Waals surface area contributed by atoms with Crippen LogP contribution in [-0.2, 0) is 4.79 Å². The Bertz CT molecular complexity index is 333. The van der Waals surface area contributed by atoms with E-state index in [0.717, 1.165) is 11.8 Å². The van der Waals surface area contributed by atoms with Crippen molar-refractivity contribution in [3.05, 3.63) is 34.9 Å². The van der Waals surface area contributed by atoms with E-state index in [1.54, 1.807) is 6.07 Å². The Labute approximate surface area is 76.4 Å². The molecular formula is C10H7ClO. The van der Waals surface area contributed by atoms with Crippen molar-refractivity contribution >= 4 is 17.9 Å². The molecule has 0 aromatic heterocycles. The molecule has 2 heteroatoms. The summed E-state index contributed by atoms with van der Waals surface area (Å²) in [4.78, 5) is 9.94. The number of rotatable bonds is 1. The highest BCUT2D eigenvalue weighted by Gasteiger charge is 1.91. The molecule has 12 heavy (non-hydrogen) atoms. The molecule has 1 rings (SSSR count). The fourth-order valence-corrected chi connectivity index (χ4v) is 0.933. The smallest absolute Gasteiger partial charge is 0.131 e. The molecule has 0 aliphatic carbocycles. The Morgan fingerprint density at radius 1 is 1.42 bits per heavy atom. The lowest BCUT2D eigenvalue weighted by Gasteiger charge is -1.91. The van der Waals surface area contributed by atoms with Gasteiger partial charge in [0.25, 0.3) is 0 Å². The molecule has 0 bridgehead atoms. The quantitative estimate of drug-likeness (QED) is 0.476. The number of hydrogen-bond acceptors (Lipinski definition) is 1. The summed E-state index contributed by atoms with van der Waals surface area (Å²) < 4.78 is 0. The molecule has 0 atom stereocenters. The predicted octanol–water partition coefficient (Wildman–Crippen LogP) is 2.28. The van der Waals surface area contributed by atoms with Gasteiger partial charge in [0.15, 0.2) is 0 Å². The van der Waals surface area contributed by atoms with Crippen molar-refractivity contribution in [3.8, 4) is 11.8 Å². The van der Waals surface area contributed by atoms with Gasteiger partial charge in [0, 0.05) is 5.56 Å². The molecular weight excluding hydrogens is 172 g/mol. The second-order valence-corrected chi connectivity index (χ2v) is 2.56. The lowest BCUT2D eigenvalue weighted by atomic mass is 10.2. The molecule has 1 aromatic carbocycles. The van der Waals surface area contributed by atoms with Crippen molar-refractivity contribution in [1.82, 2.24) is 0 Å². The largest absolute Gasteiger partial charge is 0.302 e. The van der Waals surface area contributed by atoms with Crippen LogP contribution in [0.15, 0.2) is 24.3 Å². The van der Waals surface area contributed by atoms with Crippen molar-refractivity contribution in [2.45, 2.75) is 6.42 Å². The van der Waals surface area contributed by atoms with Crippen LogP contribution in [0.25, 0.3) is 0 Å². The fraction of sp³-hybridized carbons (Fsp3) is 0.100. The molecule has 0 aliphatic heterocycles. The maximum absolute atomic E-state index is 9.94. The molecule has 1 nitrogen and oxygen atoms in total. The highest BCUT2D eigenvalue weighted by Crippen LogP contribution is 2.12. The first-order chi connectivity index (χ1) is 5.84. The highest BCUT2D eigenvalue weighted by atomic mass is 35.5. The number of halogens is 1. The molecule has 0 heterocycles. The van der Waals surface area contributed by atoms with Crippen LogP contribution in [-0.4, -0.2) is 6.29 Å². The van der Waals surface area contributed by atoms with Gasteiger partial charge in [-0.05, 0) is 12.1 Å². The first kappa shape index (κ1) is 8.83. The molecule has 0 saturated heterocycles. The third kappa shape index (κ3) is 2.41. The van der Waals surface area contributed by atoms with E-state index in [1.807, 2.05) is 18.2 Å². The predicted molar refractivity (Wildman–Crippen MR) is 49.0 cm³/mol. The van der Waals surface area contributed by atoms with Crippen LogP contribution in [0, 0.1) is 11.8 Å². The topological polar surface area (TPSA) is 17.1 Å². The van der Waals surface area contributed by atoms with Crippen LogP contribution in [0.5, 0.6) is 0 Å². The van der Waals surface area contributed by atoms with E-state index in [-0.39, 0.29) is 6.42 Å². The van der Waals surface area contributed by atoms with E-state index in [1.165, 1.54) is 0 Å². The SMILES string of the molecule is O=CCC#Cc1ccccc1Cl. The maximum Gasteiger partial charge on any atom is 0.131 e. The van der Waals surface area contributed by atoms with Crippen LogP contribution in [0.4, 0.5) is 0 Å². The Balaban J connectivity index is 2.84. The number of aldehydes is 1. The molecule has 0 fully saturated rings. The van der Waals surface area contributed by atoms with Crippen LogP contribution in [0.1, 0.15) is 12.0 Å². The average Bonchev–Trinajstić information content (AvgIpc) is 2.09. The number of carbonyl (C=O) groups excluding carboxylic acids is 1. The second-order valence-electron chi connectivity index (χ2n) is 2.15. The molecule has 60 valence electrons. The lowest BCUT2D eigenvalue weighted by Crippen LogP contribution is -1.75. The molecule has 1 aromatic rings. The van der Waals surface area contributed by atoms with Crippen molar-refractivity contribution in [2.24, 2.45) is 0 Å². The Hall–Kier alpha value is -1.26. The Morgan fingerprint density at radius 3 is 2.83 bits per heavy atom. The van der Waals surface area contributed by atoms with E-state index in [9.17, 15) is 4.79 Å². The minimum Gasteiger partial charge on any atom is -0.302 e. The zero-order valence-electron chi connectivity index (χ0n) is 6.38. The number of benzene rings is 1. The first-order valence-electron chi connectivity index (χ1n) is 3.51. The molecule has 0 aliphatic rings. The summed E-state index contributed by atoms with van der Waals surface area (Å²) in [5.41, 5.74) is 0.765. The van der Waals surface area contributed by atoms with Crippen molar-refractivity contribution in [1.29, 1.82) is 0 Å². The average molecular weight is 179 g/mol. The van der Waals surface area contributed by atoms with Crippen LogP contribution in [0.3, 0.4) is 0 Å². The summed E-state index contributed by atoms with van der Waals surface area (Å²) in [7, 11) is 0. The standard InChI is InChI=1S/C10H7ClO/c11-10-7-2-1-5-9(10)6-3-4-8-12/h1-2,5,7-8H,4H2. The maximum atomic E-state index is 9.94. The zero-order valence-corrected chi connectivity index (χ0v) is 7.14. The zero-order chi connectivity index (χ0) is 8.81. The minimum absolute atomic E-state index is 0.255. The van der Waals surface area contributed by atoms with Gasteiger partial charge < -0.3 is 4.79 Å². The van der Waals surface area contributed by atoms with Crippen molar-refractivity contribution in [2.75, 3.05) is 0 Å². The fourth-order valence-electron chi connectivity index (χ4n) is 0.751. The Morgan fingerprint density at radius 2 is 2.17 bits per heavy atom. The molecule has 0 N–H and O–H groups in total. The molecule has 0 radical (unpaired) electrons. The normalized spacial score (nSPS) is 8.42. The van der Waals surface area contributed by atoms with Crippen LogP contribution >= 0.6 is 11.6 Å². The van der Waals surface area contributed by atoms with E-state index < -0.39 is 0 Å². The van der Waals surface area contributed by atoms with Gasteiger partial charge in [-0.1, -0.05) is 35.6 Å². The number of hydrogen-bond donors (Lipinski definition) is 0. The number of carbonyl (C=O) groups is 1. The summed E-state index contributed by atoms with van der Waals surface area (Å²) in [5.74, 6) is 5.49. The van der Waals surface area contributed by atoms with Gasteiger partial charge in [-0.15, -0.1) is 0 Å². The van der Waals surface area contributed by atoms with Crippen LogP contribution in [0.2, 0.25) is 5.02 Å². The molecule has 0 amide bonds. The van der Waals surface area contributed by atoms with Gasteiger partial charge in [-0.2, -0.15) is 0 Å². The van der Waals surface area contributed by atoms with Gasteiger partial charge in [0.05, 0.1) is 11.4 Å². The van der Waals surface area contributed by atoms with E-state index >= 15 is 0 Å². The summed E-state index contributed by atoms with van der Waals surface area (Å²) in [6.07, 6.45) is 1.02. The van der Waals surface area contributed by atoms with E-state index in [2.05, 4.69) is 11.8 Å². The highest BCUT2D eigenvalue weighted by molar-refractivity contribution is 6.31. The molecule has 0 saturated carbocycles. The van der Waals surface area contributed by atoms with Crippen molar-refractivity contribution in [3.63, 3.8) is 0 Å². The Kier molecular flexibility index (Phi) is 3.37. The minimum atomic E-state index is 0.255. The van der Waals surface area contributed by atoms with Gasteiger partial charge >= 0.3 is 0 Å². The summed E-state index contributed by atoms with van der Waals surface area (Å²) in [6, 6.07) is 7.29. The third-order valence-corrected chi connectivity index (χ3v) is 1.61. The van der Waals surface area contributed by atoms with Crippen molar-refractivity contribution < 1.29 is 4.79 Å². The van der Waals surface area contributed by atoms with Gasteiger partial charge in [-0.25, -0.2) is 0 Å². The third-order valence-electron chi connectivity index (χ3n) is 1.28. The summed E-state index contributed by atoms with van der Waals surface area (Å²) in [6.45, 7) is 0. The lowest BCUT2D eigenvalue weighted by molar-refractivity contribution is -0.107. The van der Waals surface area contributed by atoms with Gasteiger partial charge in [0.1, 0.15) is 6.29 Å². The molecule has 0 spiro atoms. The van der Waals surface area contributed by atoms with Gasteiger partial charge in [0.2, 0.25) is 0 Å². The first-order valence-corrected chi connectivity index (χ1v) is 3.89. The second kappa shape index (κ2) is 4.58. The summed E-state index contributed by atoms with van der Waals surface area (Å²) in [5, 5.41) is 0.621.